The Kier molecular flexibility index (Phi) is 17.1. The summed E-state index contributed by atoms with van der Waals surface area (Å²) in [6, 6.07) is 26.9. The van der Waals surface area contributed by atoms with Crippen LogP contribution in [-0.4, -0.2) is 12.5 Å². The lowest BCUT2D eigenvalue weighted by Gasteiger charge is -2.21. The molecule has 0 aromatic heterocycles. The van der Waals surface area contributed by atoms with E-state index in [0.29, 0.717) is 6.07 Å². The zero-order valence-electron chi connectivity index (χ0n) is 33.9. The first kappa shape index (κ1) is 46.3. The van der Waals surface area contributed by atoms with E-state index in [1.54, 1.807) is 44.3 Å². The molecule has 4 rings (SSSR count). The molecule has 0 amide bonds. The molecular formula is C45H62F4S2. The maximum absolute atomic E-state index is 13.4. The van der Waals surface area contributed by atoms with E-state index in [-0.39, 0.29) is 21.8 Å². The molecule has 0 fully saturated rings. The number of hydrogen-bond acceptors (Lipinski definition) is 2. The standard InChI is InChI=1S/C12H18S.C11H12F4.C11H16S.C11H16/c1-9-8-10(13-5)6-7-11(9)12(2,3)4;1-10(2,3)8-5-4-7(6-9(8)12)11(13,14)15;1-11(2,3)9-5-7-10(12-4)8-6-9;1-9-5-7-10(8-6-9)11(2,3)4/h6-8H,1-5H3;4-6H,1-3H3;5-8H,1-4H3;5-8H,1-4H3. The maximum Gasteiger partial charge on any atom is 0.416 e. The largest absolute Gasteiger partial charge is 0.416 e. The lowest BCUT2D eigenvalue weighted by Crippen LogP contribution is -2.15. The Morgan fingerprint density at radius 1 is 0.431 bits per heavy atom. The highest BCUT2D eigenvalue weighted by Crippen LogP contribution is 2.33. The van der Waals surface area contributed by atoms with Gasteiger partial charge < -0.3 is 0 Å². The highest BCUT2D eigenvalue weighted by atomic mass is 32.2. The van der Waals surface area contributed by atoms with Gasteiger partial charge in [0.05, 0.1) is 5.56 Å². The van der Waals surface area contributed by atoms with Crippen LogP contribution in [0.4, 0.5) is 17.6 Å². The maximum atomic E-state index is 13.4. The summed E-state index contributed by atoms with van der Waals surface area (Å²) < 4.78 is 50.1. The van der Waals surface area contributed by atoms with Crippen molar-refractivity contribution < 1.29 is 17.6 Å². The molecule has 0 unspecified atom stereocenters. The summed E-state index contributed by atoms with van der Waals surface area (Å²) in [5.74, 6) is -0.808. The molecule has 6 heteroatoms. The minimum absolute atomic E-state index is 0.265. The number of rotatable bonds is 2. The van der Waals surface area contributed by atoms with Crippen LogP contribution in [0.1, 0.15) is 122 Å². The van der Waals surface area contributed by atoms with Gasteiger partial charge in [-0.15, -0.1) is 23.5 Å². The Morgan fingerprint density at radius 3 is 1.14 bits per heavy atom. The quantitative estimate of drug-likeness (QED) is 0.148. The van der Waals surface area contributed by atoms with Crippen molar-refractivity contribution in [2.24, 2.45) is 0 Å². The second-order valence-electron chi connectivity index (χ2n) is 17.0. The van der Waals surface area contributed by atoms with Crippen LogP contribution < -0.4 is 0 Å². The molecule has 4 aromatic rings. The fraction of sp³-hybridized carbons (Fsp3) is 0.467. The topological polar surface area (TPSA) is 0 Å². The first-order valence-electron chi connectivity index (χ1n) is 17.3. The first-order valence-corrected chi connectivity index (χ1v) is 19.8. The number of halogens is 4. The van der Waals surface area contributed by atoms with E-state index in [2.05, 4.69) is 155 Å². The van der Waals surface area contributed by atoms with Gasteiger partial charge >= 0.3 is 6.18 Å². The first-order chi connectivity index (χ1) is 23.1. The molecule has 0 aliphatic carbocycles. The second-order valence-corrected chi connectivity index (χ2v) is 18.7. The predicted molar refractivity (Wildman–Crippen MR) is 219 cm³/mol. The molecule has 0 aliphatic heterocycles. The molecule has 51 heavy (non-hydrogen) atoms. The van der Waals surface area contributed by atoms with Crippen molar-refractivity contribution in [1.29, 1.82) is 0 Å². The molecule has 282 valence electrons. The SMILES string of the molecule is CC(C)(C)c1ccc(C(F)(F)F)cc1F.CSc1ccc(C(C)(C)C)c(C)c1.CSc1ccc(C(C)(C)C)cc1.Cc1ccc(C(C)(C)C)cc1. The molecule has 0 saturated carbocycles. The van der Waals surface area contributed by atoms with Gasteiger partial charge in [0, 0.05) is 9.79 Å². The van der Waals surface area contributed by atoms with Gasteiger partial charge in [0.15, 0.2) is 0 Å². The summed E-state index contributed by atoms with van der Waals surface area (Å²) in [6.07, 6.45) is -0.269. The second kappa shape index (κ2) is 18.9. The molecular weight excluding hydrogens is 681 g/mol. The Balaban J connectivity index is 0.000000342. The van der Waals surface area contributed by atoms with Crippen molar-refractivity contribution >= 4 is 23.5 Å². The van der Waals surface area contributed by atoms with E-state index in [4.69, 9.17) is 0 Å². The molecule has 0 saturated heterocycles. The van der Waals surface area contributed by atoms with E-state index in [0.717, 1.165) is 6.07 Å². The molecule has 0 heterocycles. The molecule has 0 spiro atoms. The minimum Gasteiger partial charge on any atom is -0.207 e. The van der Waals surface area contributed by atoms with E-state index in [1.165, 1.54) is 43.7 Å². The number of thioether (sulfide) groups is 2. The van der Waals surface area contributed by atoms with Gasteiger partial charge in [-0.2, -0.15) is 13.2 Å². The number of benzene rings is 4. The average molecular weight is 743 g/mol. The van der Waals surface area contributed by atoms with Crippen molar-refractivity contribution in [3.05, 3.63) is 130 Å². The van der Waals surface area contributed by atoms with Crippen molar-refractivity contribution in [3.63, 3.8) is 0 Å². The molecule has 4 aromatic carbocycles. The molecule has 0 N–H and O–H groups in total. The average Bonchev–Trinajstić information content (AvgIpc) is 2.99. The highest BCUT2D eigenvalue weighted by Gasteiger charge is 2.32. The Labute approximate surface area is 316 Å². The van der Waals surface area contributed by atoms with Gasteiger partial charge in [-0.25, -0.2) is 4.39 Å². The molecule has 0 atom stereocenters. The van der Waals surface area contributed by atoms with Gasteiger partial charge in [-0.3, -0.25) is 0 Å². The van der Waals surface area contributed by atoms with Crippen molar-refractivity contribution in [2.75, 3.05) is 12.5 Å². The lowest BCUT2D eigenvalue weighted by atomic mass is 9.84. The van der Waals surface area contributed by atoms with Gasteiger partial charge in [0.2, 0.25) is 0 Å². The van der Waals surface area contributed by atoms with Crippen molar-refractivity contribution in [1.82, 2.24) is 0 Å². The summed E-state index contributed by atoms with van der Waals surface area (Å²) in [5.41, 5.74) is 6.66. The van der Waals surface area contributed by atoms with Crippen LogP contribution in [0, 0.1) is 19.7 Å². The minimum atomic E-state index is -4.49. The summed E-state index contributed by atoms with van der Waals surface area (Å²) in [4.78, 5) is 2.69. The molecule has 0 radical (unpaired) electrons. The predicted octanol–water partition coefficient (Wildman–Crippen LogP) is 15.2. The van der Waals surface area contributed by atoms with Crippen LogP contribution in [0.25, 0.3) is 0 Å². The van der Waals surface area contributed by atoms with Gasteiger partial charge in [-0.1, -0.05) is 137 Å². The highest BCUT2D eigenvalue weighted by molar-refractivity contribution is 7.98. The fourth-order valence-electron chi connectivity index (χ4n) is 5.05. The molecule has 0 nitrogen and oxygen atoms in total. The van der Waals surface area contributed by atoms with Crippen LogP contribution >= 0.6 is 23.5 Å². The fourth-order valence-corrected chi connectivity index (χ4v) is 5.96. The summed E-state index contributed by atoms with van der Waals surface area (Å²) in [5, 5.41) is 0. The number of aryl methyl sites for hydroxylation is 2. The summed E-state index contributed by atoms with van der Waals surface area (Å²) >= 11 is 3.59. The van der Waals surface area contributed by atoms with E-state index in [9.17, 15) is 17.6 Å². The number of hydrogen-bond donors (Lipinski definition) is 0. The van der Waals surface area contributed by atoms with Crippen LogP contribution in [0.5, 0.6) is 0 Å². The van der Waals surface area contributed by atoms with E-state index < -0.39 is 23.0 Å². The Morgan fingerprint density at radius 2 is 0.804 bits per heavy atom. The number of alkyl halides is 3. The van der Waals surface area contributed by atoms with Crippen molar-refractivity contribution in [3.8, 4) is 0 Å². The van der Waals surface area contributed by atoms with Gasteiger partial charge in [-0.05, 0) is 112 Å². The third kappa shape index (κ3) is 16.2. The van der Waals surface area contributed by atoms with Gasteiger partial charge in [0.25, 0.3) is 0 Å². The third-order valence-corrected chi connectivity index (χ3v) is 9.69. The monoisotopic (exact) mass is 742 g/mol. The van der Waals surface area contributed by atoms with Crippen LogP contribution in [-0.2, 0) is 27.8 Å². The van der Waals surface area contributed by atoms with Crippen LogP contribution in [0.2, 0.25) is 0 Å². The lowest BCUT2D eigenvalue weighted by molar-refractivity contribution is -0.137. The van der Waals surface area contributed by atoms with Crippen LogP contribution in [0.3, 0.4) is 0 Å². The summed E-state index contributed by atoms with van der Waals surface area (Å²) in [6.45, 7) is 29.7. The van der Waals surface area contributed by atoms with Gasteiger partial charge in [0.1, 0.15) is 5.82 Å². The zero-order valence-corrected chi connectivity index (χ0v) is 35.5. The normalized spacial score (nSPS) is 12.1. The molecule has 0 bridgehead atoms. The third-order valence-electron chi connectivity index (χ3n) is 8.22. The zero-order chi connectivity index (χ0) is 39.6. The van der Waals surface area contributed by atoms with Crippen LogP contribution in [0.15, 0.2) is 94.7 Å². The van der Waals surface area contributed by atoms with E-state index >= 15 is 0 Å². The van der Waals surface area contributed by atoms with E-state index in [1.807, 2.05) is 0 Å². The Hall–Kier alpha value is -2.70. The van der Waals surface area contributed by atoms with Crippen molar-refractivity contribution in [2.45, 2.75) is 135 Å². The smallest absolute Gasteiger partial charge is 0.207 e. The Bertz CT molecular complexity index is 1620. The summed E-state index contributed by atoms with van der Waals surface area (Å²) in [7, 11) is 0. The molecule has 0 aliphatic rings.